The van der Waals surface area contributed by atoms with Crippen molar-refractivity contribution in [2.75, 3.05) is 5.73 Å². The summed E-state index contributed by atoms with van der Waals surface area (Å²) >= 11 is 1.53. The van der Waals surface area contributed by atoms with Crippen molar-refractivity contribution in [2.24, 2.45) is 0 Å². The Morgan fingerprint density at radius 1 is 1.39 bits per heavy atom. The fourth-order valence-electron chi connectivity index (χ4n) is 1.75. The number of carbonyl (C=O) groups excluding carboxylic acids is 1. The van der Waals surface area contributed by atoms with Crippen molar-refractivity contribution < 1.29 is 4.79 Å². The number of nitrogens with zero attached hydrogens (tertiary/aromatic N) is 2. The van der Waals surface area contributed by atoms with Gasteiger partial charge in [-0.25, -0.2) is 4.98 Å². The third kappa shape index (κ3) is 1.86. The minimum absolute atomic E-state index is 0.0692. The first-order chi connectivity index (χ1) is 8.74. The lowest BCUT2D eigenvalue weighted by Gasteiger charge is -1.95. The Hall–Kier alpha value is -2.21. The Bertz CT molecular complexity index is 683. The molecule has 2 aromatic heterocycles. The summed E-state index contributed by atoms with van der Waals surface area (Å²) in [5.74, 6) is 0.237. The average Bonchev–Trinajstić information content (AvgIpc) is 2.94. The number of Topliss-reactive ketones (excluding diaryl/α,β-unsaturated/α-hetero) is 1. The summed E-state index contributed by atoms with van der Waals surface area (Å²) in [7, 11) is 0. The van der Waals surface area contributed by atoms with Crippen LogP contribution in [0.1, 0.15) is 15.4 Å². The normalized spacial score (nSPS) is 10.9. The van der Waals surface area contributed by atoms with Crippen molar-refractivity contribution >= 4 is 33.2 Å². The van der Waals surface area contributed by atoms with Gasteiger partial charge in [-0.05, 0) is 12.1 Å². The van der Waals surface area contributed by atoms with Crippen LogP contribution in [0, 0.1) is 0 Å². The topological polar surface area (TPSA) is 84.7 Å². The Morgan fingerprint density at radius 3 is 2.94 bits per heavy atom. The lowest BCUT2D eigenvalue weighted by Crippen LogP contribution is -2.05. The summed E-state index contributed by atoms with van der Waals surface area (Å²) < 4.78 is 1.08. The highest BCUT2D eigenvalue weighted by molar-refractivity contribution is 7.18. The Morgan fingerprint density at radius 2 is 2.22 bits per heavy atom. The van der Waals surface area contributed by atoms with Crippen LogP contribution in [0.4, 0.5) is 5.82 Å². The summed E-state index contributed by atoms with van der Waals surface area (Å²) in [6.07, 6.45) is 1.70. The van der Waals surface area contributed by atoms with Gasteiger partial charge in [0.05, 0.1) is 28.4 Å². The molecule has 6 heteroatoms. The maximum Gasteiger partial charge on any atom is 0.174 e. The molecule has 0 aliphatic heterocycles. The van der Waals surface area contributed by atoms with Crippen LogP contribution >= 0.6 is 11.3 Å². The van der Waals surface area contributed by atoms with E-state index in [1.807, 2.05) is 24.3 Å². The minimum Gasteiger partial charge on any atom is -0.383 e. The number of aromatic amines is 1. The summed E-state index contributed by atoms with van der Waals surface area (Å²) in [6, 6.07) is 7.82. The fraction of sp³-hybridized carbons (Fsp3) is 0.0833. The predicted molar refractivity (Wildman–Crippen MR) is 70.7 cm³/mol. The summed E-state index contributed by atoms with van der Waals surface area (Å²) in [5, 5.41) is 7.08. The van der Waals surface area contributed by atoms with E-state index >= 15 is 0 Å². The number of anilines is 1. The van der Waals surface area contributed by atoms with Crippen molar-refractivity contribution in [2.45, 2.75) is 6.42 Å². The Balaban J connectivity index is 1.88. The zero-order valence-electron chi connectivity index (χ0n) is 9.38. The van der Waals surface area contributed by atoms with E-state index in [1.165, 1.54) is 17.5 Å². The van der Waals surface area contributed by atoms with E-state index in [2.05, 4.69) is 15.2 Å². The maximum absolute atomic E-state index is 12.0. The second kappa shape index (κ2) is 4.23. The molecular weight excluding hydrogens is 248 g/mol. The molecule has 0 saturated carbocycles. The van der Waals surface area contributed by atoms with E-state index in [0.29, 0.717) is 11.4 Å². The van der Waals surface area contributed by atoms with Crippen molar-refractivity contribution in [3.8, 4) is 0 Å². The van der Waals surface area contributed by atoms with E-state index in [-0.39, 0.29) is 12.2 Å². The third-order valence-corrected chi connectivity index (χ3v) is 3.66. The molecule has 3 rings (SSSR count). The zero-order chi connectivity index (χ0) is 12.5. The number of rotatable bonds is 3. The van der Waals surface area contributed by atoms with Gasteiger partial charge in [-0.15, -0.1) is 11.3 Å². The van der Waals surface area contributed by atoms with Crippen LogP contribution in [0.2, 0.25) is 0 Å². The molecule has 18 heavy (non-hydrogen) atoms. The van der Waals surface area contributed by atoms with Crippen LogP contribution in [0.5, 0.6) is 0 Å². The number of thiazole rings is 1. The SMILES string of the molecule is Nc1[nH]ncc1C(=O)Cc1nc2ccccc2s1. The second-order valence-corrected chi connectivity index (χ2v) is 4.99. The Kier molecular flexibility index (Phi) is 2.56. The minimum atomic E-state index is -0.0692. The maximum atomic E-state index is 12.0. The molecule has 0 radical (unpaired) electrons. The van der Waals surface area contributed by atoms with Gasteiger partial charge in [-0.2, -0.15) is 5.10 Å². The molecule has 0 atom stereocenters. The number of carbonyl (C=O) groups is 1. The number of hydrogen-bond donors (Lipinski definition) is 2. The molecule has 1 aromatic carbocycles. The largest absolute Gasteiger partial charge is 0.383 e. The molecule has 90 valence electrons. The molecule has 0 aliphatic rings. The van der Waals surface area contributed by atoms with E-state index in [1.54, 1.807) is 0 Å². The first kappa shape index (κ1) is 10.9. The molecule has 3 N–H and O–H groups in total. The summed E-state index contributed by atoms with van der Waals surface area (Å²) in [5.41, 5.74) is 6.96. The smallest absolute Gasteiger partial charge is 0.174 e. The van der Waals surface area contributed by atoms with Gasteiger partial charge in [0.1, 0.15) is 10.8 Å². The summed E-state index contributed by atoms with van der Waals surface area (Å²) in [6.45, 7) is 0. The second-order valence-electron chi connectivity index (χ2n) is 3.87. The van der Waals surface area contributed by atoms with Crippen LogP contribution in [0.25, 0.3) is 10.2 Å². The van der Waals surface area contributed by atoms with Gasteiger partial charge in [-0.3, -0.25) is 9.89 Å². The molecule has 0 spiro atoms. The third-order valence-electron chi connectivity index (χ3n) is 2.62. The highest BCUT2D eigenvalue weighted by atomic mass is 32.1. The van der Waals surface area contributed by atoms with Gasteiger partial charge in [0.25, 0.3) is 0 Å². The average molecular weight is 258 g/mol. The molecule has 0 bridgehead atoms. The number of H-pyrrole nitrogens is 1. The molecule has 2 heterocycles. The fourth-order valence-corrected chi connectivity index (χ4v) is 2.71. The van der Waals surface area contributed by atoms with Crippen molar-refractivity contribution in [1.29, 1.82) is 0 Å². The van der Waals surface area contributed by atoms with Crippen molar-refractivity contribution in [1.82, 2.24) is 15.2 Å². The van der Waals surface area contributed by atoms with Crippen LogP contribution in [-0.4, -0.2) is 21.0 Å². The lowest BCUT2D eigenvalue weighted by atomic mass is 10.1. The number of nitrogen functional groups attached to an aromatic ring is 1. The molecule has 0 unspecified atom stereocenters. The Labute approximate surface area is 107 Å². The van der Waals surface area contributed by atoms with Crippen LogP contribution in [0.3, 0.4) is 0 Å². The predicted octanol–water partition coefficient (Wildman–Crippen LogP) is 2.03. The number of hydrogen-bond acceptors (Lipinski definition) is 5. The number of fused-ring (bicyclic) bond motifs is 1. The highest BCUT2D eigenvalue weighted by Crippen LogP contribution is 2.23. The highest BCUT2D eigenvalue weighted by Gasteiger charge is 2.14. The van der Waals surface area contributed by atoms with E-state index in [0.717, 1.165) is 15.2 Å². The zero-order valence-corrected chi connectivity index (χ0v) is 10.2. The summed E-state index contributed by atoms with van der Waals surface area (Å²) in [4.78, 5) is 16.4. The quantitative estimate of drug-likeness (QED) is 0.704. The molecule has 3 aromatic rings. The molecule has 5 nitrogen and oxygen atoms in total. The molecule has 0 saturated heterocycles. The number of nitrogens with one attached hydrogen (secondary N) is 1. The van der Waals surface area contributed by atoms with Gasteiger partial charge in [0.15, 0.2) is 5.78 Å². The van der Waals surface area contributed by atoms with Crippen LogP contribution in [-0.2, 0) is 6.42 Å². The number of nitrogens with two attached hydrogens (primary N) is 1. The number of para-hydroxylation sites is 1. The van der Waals surface area contributed by atoms with Gasteiger partial charge < -0.3 is 5.73 Å². The first-order valence-electron chi connectivity index (χ1n) is 5.40. The van der Waals surface area contributed by atoms with Crippen LogP contribution < -0.4 is 5.73 Å². The standard InChI is InChI=1S/C12H10N4OS/c13-12-7(6-14-16-12)9(17)5-11-15-8-3-1-2-4-10(8)18-11/h1-4,6H,5H2,(H3,13,14,16). The molecule has 0 aliphatic carbocycles. The van der Waals surface area contributed by atoms with E-state index in [9.17, 15) is 4.79 Å². The van der Waals surface area contributed by atoms with Gasteiger partial charge in [0, 0.05) is 0 Å². The first-order valence-corrected chi connectivity index (χ1v) is 6.22. The lowest BCUT2D eigenvalue weighted by molar-refractivity contribution is 0.0994. The molecule has 0 amide bonds. The molecular formula is C12H10N4OS. The monoisotopic (exact) mass is 258 g/mol. The van der Waals surface area contributed by atoms with Crippen molar-refractivity contribution in [3.05, 3.63) is 41.0 Å². The van der Waals surface area contributed by atoms with Gasteiger partial charge >= 0.3 is 0 Å². The number of ketones is 1. The van der Waals surface area contributed by atoms with E-state index in [4.69, 9.17) is 5.73 Å². The number of aromatic nitrogens is 3. The van der Waals surface area contributed by atoms with Gasteiger partial charge in [0.2, 0.25) is 0 Å². The van der Waals surface area contributed by atoms with Crippen molar-refractivity contribution in [3.63, 3.8) is 0 Å². The van der Waals surface area contributed by atoms with Gasteiger partial charge in [-0.1, -0.05) is 12.1 Å². The molecule has 0 fully saturated rings. The van der Waals surface area contributed by atoms with Crippen LogP contribution in [0.15, 0.2) is 30.5 Å². The number of benzene rings is 1. The van der Waals surface area contributed by atoms with E-state index < -0.39 is 0 Å².